The zero-order chi connectivity index (χ0) is 18.0. The topological polar surface area (TPSA) is 58.6 Å². The lowest BCUT2D eigenvalue weighted by molar-refractivity contribution is -0.126. The second-order valence-corrected chi connectivity index (χ2v) is 6.18. The second kappa shape index (κ2) is 7.15. The van der Waals surface area contributed by atoms with Gasteiger partial charge in [-0.15, -0.1) is 0 Å². The zero-order valence-electron chi connectivity index (χ0n) is 14.1. The number of rotatable bonds is 5. The van der Waals surface area contributed by atoms with Gasteiger partial charge in [-0.1, -0.05) is 41.9 Å². The van der Waals surface area contributed by atoms with Crippen LogP contribution in [0.5, 0.6) is 5.75 Å². The van der Waals surface area contributed by atoms with Crippen molar-refractivity contribution in [3.8, 4) is 5.75 Å². The van der Waals surface area contributed by atoms with Crippen molar-refractivity contribution >= 4 is 29.1 Å². The third kappa shape index (κ3) is 3.33. The van der Waals surface area contributed by atoms with Crippen LogP contribution in [0.4, 0.5) is 5.69 Å². The second-order valence-electron chi connectivity index (χ2n) is 5.78. The van der Waals surface area contributed by atoms with E-state index in [1.165, 1.54) is 6.92 Å². The van der Waals surface area contributed by atoms with E-state index in [4.69, 9.17) is 16.3 Å². The van der Waals surface area contributed by atoms with Crippen molar-refractivity contribution in [2.24, 2.45) is 0 Å². The lowest BCUT2D eigenvalue weighted by Gasteiger charge is -2.20. The highest BCUT2D eigenvalue weighted by Crippen LogP contribution is 2.42. The van der Waals surface area contributed by atoms with Crippen molar-refractivity contribution in [3.63, 3.8) is 0 Å². The number of fused-ring (bicyclic) bond motifs is 1. The molecule has 1 atom stereocenters. The number of nitrogens with one attached hydrogen (secondary N) is 1. The van der Waals surface area contributed by atoms with Gasteiger partial charge in [0.25, 0.3) is 5.91 Å². The van der Waals surface area contributed by atoms with Crippen LogP contribution < -0.4 is 15.0 Å². The molecule has 0 aliphatic carbocycles. The lowest BCUT2D eigenvalue weighted by Crippen LogP contribution is -2.36. The molecular formula is C19H19ClN2O3. The molecule has 1 aliphatic heterocycles. The molecular weight excluding hydrogens is 340 g/mol. The van der Waals surface area contributed by atoms with Crippen LogP contribution in [0.3, 0.4) is 0 Å². The highest BCUT2D eigenvalue weighted by Gasteiger charge is 2.39. The van der Waals surface area contributed by atoms with Gasteiger partial charge in [0.15, 0.2) is 0 Å². The maximum absolute atomic E-state index is 12.9. The van der Waals surface area contributed by atoms with Crippen molar-refractivity contribution in [1.82, 2.24) is 5.32 Å². The first kappa shape index (κ1) is 17.3. The number of carbonyl (C=O) groups excluding carboxylic acids is 2. The predicted molar refractivity (Wildman–Crippen MR) is 96.8 cm³/mol. The Kier molecular flexibility index (Phi) is 4.95. The number of nitrogens with zero attached hydrogens (tertiary/aromatic N) is 1. The number of hydrogen-bond donors (Lipinski definition) is 1. The maximum Gasteiger partial charge on any atom is 0.254 e. The van der Waals surface area contributed by atoms with E-state index >= 15 is 0 Å². The number of ether oxygens (including phenoxy) is 1. The van der Waals surface area contributed by atoms with E-state index in [1.54, 1.807) is 17.0 Å². The molecule has 1 N–H and O–H groups in total. The number of carbonyl (C=O) groups is 2. The molecule has 2 aromatic carbocycles. The van der Waals surface area contributed by atoms with E-state index in [0.29, 0.717) is 29.4 Å². The third-order valence-corrected chi connectivity index (χ3v) is 4.37. The first-order chi connectivity index (χ1) is 12.0. The molecule has 0 fully saturated rings. The van der Waals surface area contributed by atoms with Gasteiger partial charge in [0.1, 0.15) is 11.8 Å². The summed E-state index contributed by atoms with van der Waals surface area (Å²) in [7, 11) is 0. The summed E-state index contributed by atoms with van der Waals surface area (Å²) in [6.07, 6.45) is 0. The Morgan fingerprint density at radius 1 is 1.24 bits per heavy atom. The molecule has 1 heterocycles. The van der Waals surface area contributed by atoms with Crippen molar-refractivity contribution < 1.29 is 14.3 Å². The van der Waals surface area contributed by atoms with E-state index in [2.05, 4.69) is 5.32 Å². The van der Waals surface area contributed by atoms with Gasteiger partial charge in [-0.2, -0.15) is 0 Å². The fraction of sp³-hybridized carbons (Fsp3) is 0.263. The van der Waals surface area contributed by atoms with Gasteiger partial charge in [-0.3, -0.25) is 9.59 Å². The van der Waals surface area contributed by atoms with Crippen LogP contribution in [-0.4, -0.2) is 18.4 Å². The largest absolute Gasteiger partial charge is 0.494 e. The van der Waals surface area contributed by atoms with Crippen LogP contribution in [0.1, 0.15) is 31.0 Å². The average Bonchev–Trinajstić information content (AvgIpc) is 2.83. The number of benzene rings is 2. The number of para-hydroxylation sites is 2. The average molecular weight is 359 g/mol. The normalized spacial score (nSPS) is 15.9. The Balaban J connectivity index is 2.00. The summed E-state index contributed by atoms with van der Waals surface area (Å²) >= 11 is 6.36. The molecule has 5 nitrogen and oxygen atoms in total. The molecule has 0 saturated carbocycles. The number of amides is 2. The van der Waals surface area contributed by atoms with Gasteiger partial charge in [-0.05, 0) is 19.1 Å². The van der Waals surface area contributed by atoms with E-state index in [9.17, 15) is 9.59 Å². The van der Waals surface area contributed by atoms with Gasteiger partial charge in [-0.25, -0.2) is 0 Å². The summed E-state index contributed by atoms with van der Waals surface area (Å²) in [6.45, 7) is 4.17. The summed E-state index contributed by atoms with van der Waals surface area (Å²) in [5, 5.41) is 3.19. The Morgan fingerprint density at radius 2 is 2.00 bits per heavy atom. The number of halogens is 1. The lowest BCUT2D eigenvalue weighted by atomic mass is 10.1. The van der Waals surface area contributed by atoms with Gasteiger partial charge < -0.3 is 15.0 Å². The standard InChI is InChI=1S/C19H19ClN2O3/c1-3-25-16-10-5-4-7-13(16)11-22-18-14(8-6-9-15(18)20)17(19(22)24)21-12(2)23/h4-10,17H,3,11H2,1-2H3,(H,21,23)/t17-/m0/s1. The molecule has 0 aromatic heterocycles. The molecule has 25 heavy (non-hydrogen) atoms. The first-order valence-corrected chi connectivity index (χ1v) is 8.48. The Labute approximate surface area is 151 Å². The monoisotopic (exact) mass is 358 g/mol. The predicted octanol–water partition coefficient (Wildman–Crippen LogP) is 3.46. The quantitative estimate of drug-likeness (QED) is 0.890. The van der Waals surface area contributed by atoms with Crippen LogP contribution in [-0.2, 0) is 16.1 Å². The SMILES string of the molecule is CCOc1ccccc1CN1C(=O)[C@@H](NC(C)=O)c2cccc(Cl)c21. The van der Waals surface area contributed by atoms with E-state index in [-0.39, 0.29) is 11.8 Å². The Bertz CT molecular complexity index is 822. The minimum absolute atomic E-state index is 0.204. The van der Waals surface area contributed by atoms with Crippen molar-refractivity contribution in [1.29, 1.82) is 0 Å². The van der Waals surface area contributed by atoms with Gasteiger partial charge in [0.05, 0.1) is 23.9 Å². The van der Waals surface area contributed by atoms with Crippen molar-refractivity contribution in [3.05, 3.63) is 58.6 Å². The van der Waals surface area contributed by atoms with Gasteiger partial charge >= 0.3 is 0 Å². The van der Waals surface area contributed by atoms with E-state index in [0.717, 1.165) is 11.3 Å². The number of anilines is 1. The van der Waals surface area contributed by atoms with Crippen molar-refractivity contribution in [2.45, 2.75) is 26.4 Å². The van der Waals surface area contributed by atoms with Crippen LogP contribution in [0.2, 0.25) is 5.02 Å². The highest BCUT2D eigenvalue weighted by molar-refractivity contribution is 6.34. The highest BCUT2D eigenvalue weighted by atomic mass is 35.5. The minimum atomic E-state index is -0.717. The zero-order valence-corrected chi connectivity index (χ0v) is 14.8. The van der Waals surface area contributed by atoms with Crippen LogP contribution >= 0.6 is 11.6 Å². The van der Waals surface area contributed by atoms with E-state index in [1.807, 2.05) is 37.3 Å². The summed E-state index contributed by atoms with van der Waals surface area (Å²) < 4.78 is 5.65. The molecule has 2 amide bonds. The molecule has 0 saturated heterocycles. The van der Waals surface area contributed by atoms with E-state index < -0.39 is 6.04 Å². The van der Waals surface area contributed by atoms with Crippen molar-refractivity contribution in [2.75, 3.05) is 11.5 Å². The third-order valence-electron chi connectivity index (χ3n) is 4.06. The van der Waals surface area contributed by atoms with Crippen LogP contribution in [0, 0.1) is 0 Å². The maximum atomic E-state index is 12.9. The number of hydrogen-bond acceptors (Lipinski definition) is 3. The van der Waals surface area contributed by atoms with Crippen LogP contribution in [0.15, 0.2) is 42.5 Å². The van der Waals surface area contributed by atoms with Crippen LogP contribution in [0.25, 0.3) is 0 Å². The fourth-order valence-corrected chi connectivity index (χ4v) is 3.33. The molecule has 0 unspecified atom stereocenters. The molecule has 0 radical (unpaired) electrons. The molecule has 1 aliphatic rings. The molecule has 0 spiro atoms. The van der Waals surface area contributed by atoms with Gasteiger partial charge in [0.2, 0.25) is 5.91 Å². The summed E-state index contributed by atoms with van der Waals surface area (Å²) in [6, 6.07) is 12.2. The first-order valence-electron chi connectivity index (χ1n) is 8.10. The minimum Gasteiger partial charge on any atom is -0.494 e. The summed E-state index contributed by atoms with van der Waals surface area (Å²) in [5.41, 5.74) is 2.23. The molecule has 0 bridgehead atoms. The smallest absolute Gasteiger partial charge is 0.254 e. The summed E-state index contributed by atoms with van der Waals surface area (Å²) in [4.78, 5) is 26.1. The fourth-order valence-electron chi connectivity index (χ4n) is 3.05. The molecule has 130 valence electrons. The van der Waals surface area contributed by atoms with Gasteiger partial charge in [0, 0.05) is 18.1 Å². The molecule has 6 heteroatoms. The Hall–Kier alpha value is -2.53. The molecule has 3 rings (SSSR count). The summed E-state index contributed by atoms with van der Waals surface area (Å²) in [5.74, 6) is 0.264. The Morgan fingerprint density at radius 3 is 2.72 bits per heavy atom. The molecule has 2 aromatic rings.